The Morgan fingerprint density at radius 1 is 1.29 bits per heavy atom. The molecule has 1 N–H and O–H groups in total. The van der Waals surface area contributed by atoms with E-state index in [1.165, 1.54) is 0 Å². The number of thioether (sulfide) groups is 1. The molecule has 21 heavy (non-hydrogen) atoms. The van der Waals surface area contributed by atoms with Crippen LogP contribution in [-0.2, 0) is 4.79 Å². The van der Waals surface area contributed by atoms with Gasteiger partial charge in [0.25, 0.3) is 0 Å². The molecule has 0 fully saturated rings. The number of Topliss-reactive ketones (excluding diaryl/α,β-unsaturated/α-hetero) is 1. The lowest BCUT2D eigenvalue weighted by atomic mass is 9.84. The Labute approximate surface area is 131 Å². The summed E-state index contributed by atoms with van der Waals surface area (Å²) in [5.41, 5.74) is 4.03. The van der Waals surface area contributed by atoms with Gasteiger partial charge in [-0.05, 0) is 5.92 Å². The van der Waals surface area contributed by atoms with Gasteiger partial charge in [0.2, 0.25) is 0 Å². The highest BCUT2D eigenvalue weighted by atomic mass is 32.2. The van der Waals surface area contributed by atoms with Crippen molar-refractivity contribution >= 4 is 22.6 Å². The number of hydrogen-bond acceptors (Lipinski definition) is 4. The molecule has 1 aromatic rings. The molecule has 0 aromatic heterocycles. The molecule has 0 aliphatic carbocycles. The van der Waals surface area contributed by atoms with Crippen LogP contribution in [0.2, 0.25) is 0 Å². The lowest BCUT2D eigenvalue weighted by Crippen LogP contribution is -2.45. The number of rotatable bonds is 4. The van der Waals surface area contributed by atoms with E-state index in [0.717, 1.165) is 10.6 Å². The molecule has 0 bridgehead atoms. The van der Waals surface area contributed by atoms with Gasteiger partial charge < -0.3 is 0 Å². The van der Waals surface area contributed by atoms with Gasteiger partial charge in [-0.15, -0.1) is 0 Å². The normalized spacial score (nSPS) is 22.1. The summed E-state index contributed by atoms with van der Waals surface area (Å²) >= 11 is 1.68. The van der Waals surface area contributed by atoms with E-state index in [4.69, 9.17) is 0 Å². The maximum atomic E-state index is 12.5. The van der Waals surface area contributed by atoms with Gasteiger partial charge in [0.15, 0.2) is 0 Å². The van der Waals surface area contributed by atoms with E-state index in [9.17, 15) is 4.79 Å². The third-order valence-electron chi connectivity index (χ3n) is 3.84. The van der Waals surface area contributed by atoms with Crippen LogP contribution in [-0.4, -0.2) is 15.7 Å². The molecule has 114 valence electrons. The quantitative estimate of drug-likeness (QED) is 0.912. The SMILES string of the molecule is CC(C)C1(CC(=O)C(C)(C)C)NN=C(c2ccccc2)S1. The fourth-order valence-electron chi connectivity index (χ4n) is 2.10. The number of hydrogen-bond donors (Lipinski definition) is 1. The van der Waals surface area contributed by atoms with Gasteiger partial charge in [-0.3, -0.25) is 10.2 Å². The molecule has 0 amide bonds. The van der Waals surface area contributed by atoms with Crippen molar-refractivity contribution in [3.8, 4) is 0 Å². The summed E-state index contributed by atoms with van der Waals surface area (Å²) in [4.78, 5) is 12.1. The highest BCUT2D eigenvalue weighted by molar-refractivity contribution is 8.15. The molecule has 1 aliphatic heterocycles. The Bertz CT molecular complexity index is 546. The zero-order valence-electron chi connectivity index (χ0n) is 13.4. The fraction of sp³-hybridized carbons (Fsp3) is 0.529. The summed E-state index contributed by atoms with van der Waals surface area (Å²) in [5.74, 6) is 0.569. The Hall–Kier alpha value is -1.29. The zero-order valence-corrected chi connectivity index (χ0v) is 14.3. The molecule has 1 aromatic carbocycles. The van der Waals surface area contributed by atoms with Gasteiger partial charge >= 0.3 is 0 Å². The van der Waals surface area contributed by atoms with E-state index >= 15 is 0 Å². The van der Waals surface area contributed by atoms with Crippen LogP contribution in [0, 0.1) is 11.3 Å². The number of ketones is 1. The number of carbonyl (C=O) groups excluding carboxylic acids is 1. The summed E-state index contributed by atoms with van der Waals surface area (Å²) in [7, 11) is 0. The molecule has 0 saturated carbocycles. The van der Waals surface area contributed by atoms with E-state index in [-0.39, 0.29) is 16.1 Å². The third-order valence-corrected chi connectivity index (χ3v) is 5.43. The van der Waals surface area contributed by atoms with Gasteiger partial charge in [0, 0.05) is 17.4 Å². The number of carbonyl (C=O) groups is 1. The van der Waals surface area contributed by atoms with Crippen molar-refractivity contribution in [2.24, 2.45) is 16.4 Å². The Morgan fingerprint density at radius 2 is 1.90 bits per heavy atom. The van der Waals surface area contributed by atoms with Crippen LogP contribution in [0.1, 0.15) is 46.6 Å². The van der Waals surface area contributed by atoms with Crippen molar-refractivity contribution in [1.29, 1.82) is 0 Å². The topological polar surface area (TPSA) is 41.5 Å². The van der Waals surface area contributed by atoms with Crippen LogP contribution in [0.25, 0.3) is 0 Å². The van der Waals surface area contributed by atoms with Crippen molar-refractivity contribution in [1.82, 2.24) is 5.43 Å². The number of nitrogens with one attached hydrogen (secondary N) is 1. The molecule has 1 unspecified atom stereocenters. The minimum atomic E-state index is -0.338. The third kappa shape index (κ3) is 3.49. The van der Waals surface area contributed by atoms with Crippen LogP contribution in [0.15, 0.2) is 35.4 Å². The molecular weight excluding hydrogens is 280 g/mol. The van der Waals surface area contributed by atoms with Crippen molar-refractivity contribution in [2.75, 3.05) is 0 Å². The van der Waals surface area contributed by atoms with Crippen LogP contribution in [0.4, 0.5) is 0 Å². The number of hydrazone groups is 1. The zero-order chi connectivity index (χ0) is 15.7. The Balaban J connectivity index is 2.19. The first-order chi connectivity index (χ1) is 9.74. The molecule has 0 saturated heterocycles. The highest BCUT2D eigenvalue weighted by Gasteiger charge is 2.43. The molecule has 4 heteroatoms. The first-order valence-corrected chi connectivity index (χ1v) is 8.19. The lowest BCUT2D eigenvalue weighted by molar-refractivity contribution is -0.127. The van der Waals surface area contributed by atoms with Gasteiger partial charge in [-0.1, -0.05) is 76.7 Å². The van der Waals surface area contributed by atoms with E-state index in [1.54, 1.807) is 11.8 Å². The maximum absolute atomic E-state index is 12.5. The smallest absolute Gasteiger partial charge is 0.141 e. The van der Waals surface area contributed by atoms with Crippen molar-refractivity contribution in [3.63, 3.8) is 0 Å². The first kappa shape index (κ1) is 16.1. The lowest BCUT2D eigenvalue weighted by Gasteiger charge is -2.33. The van der Waals surface area contributed by atoms with Gasteiger partial charge in [0.05, 0.1) is 0 Å². The van der Waals surface area contributed by atoms with E-state index < -0.39 is 0 Å². The van der Waals surface area contributed by atoms with Crippen molar-refractivity contribution in [3.05, 3.63) is 35.9 Å². The number of benzene rings is 1. The molecule has 0 radical (unpaired) electrons. The van der Waals surface area contributed by atoms with Crippen LogP contribution >= 0.6 is 11.8 Å². The molecular formula is C17H24N2OS. The van der Waals surface area contributed by atoms with E-state index in [0.29, 0.717) is 12.3 Å². The summed E-state index contributed by atoms with van der Waals surface area (Å²) in [6, 6.07) is 10.1. The van der Waals surface area contributed by atoms with Gasteiger partial charge in [-0.2, -0.15) is 5.10 Å². The predicted molar refractivity (Wildman–Crippen MR) is 90.4 cm³/mol. The van der Waals surface area contributed by atoms with Crippen molar-refractivity contribution in [2.45, 2.75) is 45.9 Å². The Morgan fingerprint density at radius 3 is 2.43 bits per heavy atom. The van der Waals surface area contributed by atoms with E-state index in [2.05, 4.69) is 36.5 Å². The second-order valence-electron chi connectivity index (χ2n) is 6.89. The fourth-order valence-corrected chi connectivity index (χ4v) is 3.32. The monoisotopic (exact) mass is 304 g/mol. The van der Waals surface area contributed by atoms with Crippen LogP contribution in [0.3, 0.4) is 0 Å². The van der Waals surface area contributed by atoms with Gasteiger partial charge in [-0.25, -0.2) is 0 Å². The molecule has 3 nitrogen and oxygen atoms in total. The molecule has 1 aliphatic rings. The predicted octanol–water partition coefficient (Wildman–Crippen LogP) is 4.04. The summed E-state index contributed by atoms with van der Waals surface area (Å²) in [6.45, 7) is 10.2. The minimum Gasteiger partial charge on any atom is -0.299 e. The second kappa shape index (κ2) is 5.84. The standard InChI is InChI=1S/C17H24N2OS/c1-12(2)17(11-14(20)16(3,4)5)19-18-15(21-17)13-9-7-6-8-10-13/h6-10,12,19H,11H2,1-5H3. The van der Waals surface area contributed by atoms with Crippen LogP contribution in [0.5, 0.6) is 0 Å². The average molecular weight is 304 g/mol. The summed E-state index contributed by atoms with van der Waals surface area (Å²) < 4.78 is 0. The summed E-state index contributed by atoms with van der Waals surface area (Å²) in [5, 5.41) is 5.46. The highest BCUT2D eigenvalue weighted by Crippen LogP contribution is 2.42. The largest absolute Gasteiger partial charge is 0.299 e. The minimum absolute atomic E-state index is 0.265. The van der Waals surface area contributed by atoms with Gasteiger partial charge in [0.1, 0.15) is 15.7 Å². The maximum Gasteiger partial charge on any atom is 0.141 e. The van der Waals surface area contributed by atoms with Crippen molar-refractivity contribution < 1.29 is 4.79 Å². The van der Waals surface area contributed by atoms with E-state index in [1.807, 2.05) is 39.0 Å². The van der Waals surface area contributed by atoms with Crippen LogP contribution < -0.4 is 5.43 Å². The molecule has 1 atom stereocenters. The first-order valence-electron chi connectivity index (χ1n) is 7.37. The summed E-state index contributed by atoms with van der Waals surface area (Å²) in [6.07, 6.45) is 0.485. The number of nitrogens with zero attached hydrogens (tertiary/aromatic N) is 1. The molecule has 0 spiro atoms. The Kier molecular flexibility index (Phi) is 4.47. The second-order valence-corrected chi connectivity index (χ2v) is 8.21. The average Bonchev–Trinajstić information content (AvgIpc) is 2.84. The molecule has 2 rings (SSSR count). The molecule has 1 heterocycles.